The van der Waals surface area contributed by atoms with Gasteiger partial charge in [-0.05, 0) is 30.7 Å². The van der Waals surface area contributed by atoms with Crippen molar-refractivity contribution < 1.29 is 19.2 Å². The van der Waals surface area contributed by atoms with Gasteiger partial charge < -0.3 is 10.4 Å². The molecule has 0 radical (unpaired) electrons. The maximum Gasteiger partial charge on any atom is 0.335 e. The quantitative estimate of drug-likeness (QED) is 0.664. The number of nitrogens with zero attached hydrogens (tertiary/aromatic N) is 1. The molecule has 0 aliphatic heterocycles. The molecule has 0 saturated carbocycles. The normalized spacial score (nSPS) is 10.2. The highest BCUT2D eigenvalue weighted by atomic mass is 19.1. The van der Waals surface area contributed by atoms with Crippen LogP contribution in [-0.2, 0) is 0 Å². The summed E-state index contributed by atoms with van der Waals surface area (Å²) >= 11 is 0. The second-order valence-corrected chi connectivity index (χ2v) is 4.35. The van der Waals surface area contributed by atoms with Crippen LogP contribution in [0.4, 0.5) is 21.5 Å². The molecule has 108 valence electrons. The molecular formula is C14H11FN2O4. The predicted octanol–water partition coefficient (Wildman–Crippen LogP) is 3.48. The molecule has 0 atom stereocenters. The molecule has 0 bridgehead atoms. The van der Waals surface area contributed by atoms with Crippen molar-refractivity contribution in [2.75, 3.05) is 5.32 Å². The predicted molar refractivity (Wildman–Crippen MR) is 74.5 cm³/mol. The molecule has 0 unspecified atom stereocenters. The number of halogens is 1. The molecule has 0 aliphatic carbocycles. The fraction of sp³-hybridized carbons (Fsp3) is 0.0714. The third kappa shape index (κ3) is 2.97. The summed E-state index contributed by atoms with van der Waals surface area (Å²) in [5, 5.41) is 22.5. The lowest BCUT2D eigenvalue weighted by atomic mass is 10.1. The average molecular weight is 290 g/mol. The summed E-state index contributed by atoms with van der Waals surface area (Å²) < 4.78 is 13.7. The molecule has 6 nitrogen and oxygen atoms in total. The van der Waals surface area contributed by atoms with E-state index in [1.54, 1.807) is 13.0 Å². The molecule has 0 amide bonds. The summed E-state index contributed by atoms with van der Waals surface area (Å²) in [6.07, 6.45) is 0. The van der Waals surface area contributed by atoms with Crippen LogP contribution in [0.15, 0.2) is 36.4 Å². The molecule has 2 rings (SSSR count). The van der Waals surface area contributed by atoms with Crippen LogP contribution in [0, 0.1) is 22.9 Å². The van der Waals surface area contributed by atoms with E-state index in [0.717, 1.165) is 6.07 Å². The van der Waals surface area contributed by atoms with Crippen molar-refractivity contribution in [3.8, 4) is 0 Å². The minimum Gasteiger partial charge on any atom is -0.478 e. The van der Waals surface area contributed by atoms with Crippen LogP contribution in [0.3, 0.4) is 0 Å². The van der Waals surface area contributed by atoms with Crippen LogP contribution in [0.5, 0.6) is 0 Å². The molecule has 21 heavy (non-hydrogen) atoms. The summed E-state index contributed by atoms with van der Waals surface area (Å²) in [5.41, 5.74) is 0.0727. The van der Waals surface area contributed by atoms with Crippen LogP contribution in [0.25, 0.3) is 0 Å². The maximum absolute atomic E-state index is 13.7. The first-order chi connectivity index (χ1) is 9.90. The number of anilines is 2. The van der Waals surface area contributed by atoms with Gasteiger partial charge in [-0.3, -0.25) is 10.1 Å². The van der Waals surface area contributed by atoms with Crippen molar-refractivity contribution in [1.29, 1.82) is 0 Å². The lowest BCUT2D eigenvalue weighted by Crippen LogP contribution is -2.03. The Balaban J connectivity index is 2.49. The minimum atomic E-state index is -1.27. The lowest BCUT2D eigenvalue weighted by molar-refractivity contribution is -0.383. The smallest absolute Gasteiger partial charge is 0.335 e. The van der Waals surface area contributed by atoms with E-state index < -0.39 is 22.4 Å². The van der Waals surface area contributed by atoms with Crippen LogP contribution in [0.1, 0.15) is 15.9 Å². The monoisotopic (exact) mass is 290 g/mol. The topological polar surface area (TPSA) is 92.5 Å². The summed E-state index contributed by atoms with van der Waals surface area (Å²) in [6, 6.07) is 7.80. The van der Waals surface area contributed by atoms with E-state index in [-0.39, 0.29) is 16.9 Å². The fourth-order valence-corrected chi connectivity index (χ4v) is 1.85. The number of rotatable bonds is 4. The van der Waals surface area contributed by atoms with Gasteiger partial charge in [0.15, 0.2) is 0 Å². The van der Waals surface area contributed by atoms with Gasteiger partial charge in [0.2, 0.25) is 0 Å². The van der Waals surface area contributed by atoms with E-state index in [9.17, 15) is 19.3 Å². The SMILES string of the molecule is Cc1cccc(F)c1Nc1ccc(C(=O)O)cc1[N+](=O)[O-]. The van der Waals surface area contributed by atoms with Gasteiger partial charge in [0.1, 0.15) is 11.5 Å². The number of hydrogen-bond acceptors (Lipinski definition) is 4. The third-order valence-corrected chi connectivity index (χ3v) is 2.92. The van der Waals surface area contributed by atoms with Gasteiger partial charge in [-0.25, -0.2) is 9.18 Å². The van der Waals surface area contributed by atoms with Crippen molar-refractivity contribution in [1.82, 2.24) is 0 Å². The van der Waals surface area contributed by atoms with E-state index in [4.69, 9.17) is 5.11 Å². The Morgan fingerprint density at radius 3 is 2.62 bits per heavy atom. The lowest BCUT2D eigenvalue weighted by Gasteiger charge is -2.11. The highest BCUT2D eigenvalue weighted by Gasteiger charge is 2.18. The molecule has 0 aliphatic rings. The van der Waals surface area contributed by atoms with E-state index in [1.165, 1.54) is 24.3 Å². The van der Waals surface area contributed by atoms with Gasteiger partial charge in [-0.1, -0.05) is 12.1 Å². The second kappa shape index (κ2) is 5.58. The number of nitrogens with one attached hydrogen (secondary N) is 1. The fourth-order valence-electron chi connectivity index (χ4n) is 1.85. The summed E-state index contributed by atoms with van der Waals surface area (Å²) in [7, 11) is 0. The Hall–Kier alpha value is -2.96. The Bertz CT molecular complexity index is 711. The van der Waals surface area contributed by atoms with E-state index in [2.05, 4.69) is 5.32 Å². The van der Waals surface area contributed by atoms with Crippen LogP contribution < -0.4 is 5.32 Å². The van der Waals surface area contributed by atoms with Gasteiger partial charge in [0.25, 0.3) is 5.69 Å². The molecule has 0 aromatic heterocycles. The molecule has 0 fully saturated rings. The van der Waals surface area contributed by atoms with Crippen molar-refractivity contribution >= 4 is 23.0 Å². The first-order valence-electron chi connectivity index (χ1n) is 5.94. The Kier molecular flexibility index (Phi) is 3.84. The maximum atomic E-state index is 13.7. The van der Waals surface area contributed by atoms with Crippen LogP contribution in [0.2, 0.25) is 0 Å². The third-order valence-electron chi connectivity index (χ3n) is 2.92. The molecular weight excluding hydrogens is 279 g/mol. The van der Waals surface area contributed by atoms with Crippen molar-refractivity contribution in [3.63, 3.8) is 0 Å². The summed E-state index contributed by atoms with van der Waals surface area (Å²) in [5.74, 6) is -1.82. The van der Waals surface area contributed by atoms with Crippen LogP contribution in [-0.4, -0.2) is 16.0 Å². The molecule has 2 N–H and O–H groups in total. The zero-order valence-corrected chi connectivity index (χ0v) is 11.0. The average Bonchev–Trinajstić information content (AvgIpc) is 2.42. The number of hydrogen-bond donors (Lipinski definition) is 2. The number of aromatic carboxylic acids is 1. The zero-order valence-electron chi connectivity index (χ0n) is 11.0. The molecule has 2 aromatic carbocycles. The molecule has 2 aromatic rings. The zero-order chi connectivity index (χ0) is 15.6. The number of carbonyl (C=O) groups is 1. The van der Waals surface area contributed by atoms with Gasteiger partial charge in [-0.15, -0.1) is 0 Å². The number of carboxylic acids is 1. The van der Waals surface area contributed by atoms with Gasteiger partial charge in [0, 0.05) is 6.07 Å². The Morgan fingerprint density at radius 1 is 1.33 bits per heavy atom. The summed E-state index contributed by atoms with van der Waals surface area (Å²) in [6.45, 7) is 1.66. The van der Waals surface area contributed by atoms with E-state index in [1.807, 2.05) is 0 Å². The van der Waals surface area contributed by atoms with E-state index in [0.29, 0.717) is 5.56 Å². The molecule has 0 spiro atoms. The highest BCUT2D eigenvalue weighted by molar-refractivity contribution is 5.90. The number of aryl methyl sites for hydroxylation is 1. The molecule has 0 heterocycles. The number of nitro benzene ring substituents is 1. The highest BCUT2D eigenvalue weighted by Crippen LogP contribution is 2.31. The molecule has 7 heteroatoms. The Morgan fingerprint density at radius 2 is 2.05 bits per heavy atom. The standard InChI is InChI=1S/C14H11FN2O4/c1-8-3-2-4-10(15)13(8)16-11-6-5-9(14(18)19)7-12(11)17(20)21/h2-7,16H,1H3,(H,18,19). The minimum absolute atomic E-state index is 0.0261. The van der Waals surface area contributed by atoms with Gasteiger partial charge >= 0.3 is 5.97 Å². The number of carboxylic acid groups (broad SMARTS) is 1. The van der Waals surface area contributed by atoms with Gasteiger partial charge in [0.05, 0.1) is 16.2 Å². The Labute approximate surface area is 119 Å². The van der Waals surface area contributed by atoms with Crippen molar-refractivity contribution in [3.05, 3.63) is 63.5 Å². The number of benzene rings is 2. The van der Waals surface area contributed by atoms with Crippen molar-refractivity contribution in [2.45, 2.75) is 6.92 Å². The summed E-state index contributed by atoms with van der Waals surface area (Å²) in [4.78, 5) is 21.2. The van der Waals surface area contributed by atoms with E-state index >= 15 is 0 Å². The number of nitro groups is 1. The largest absolute Gasteiger partial charge is 0.478 e. The molecule has 0 saturated heterocycles. The first-order valence-corrected chi connectivity index (χ1v) is 5.94. The second-order valence-electron chi connectivity index (χ2n) is 4.35. The van der Waals surface area contributed by atoms with Gasteiger partial charge in [-0.2, -0.15) is 0 Å². The first kappa shape index (κ1) is 14.4. The van der Waals surface area contributed by atoms with Crippen molar-refractivity contribution in [2.24, 2.45) is 0 Å². The number of para-hydroxylation sites is 1. The van der Waals surface area contributed by atoms with Crippen LogP contribution >= 0.6 is 0 Å².